The quantitative estimate of drug-likeness (QED) is 0.567. The van der Waals surface area contributed by atoms with E-state index in [0.29, 0.717) is 16.2 Å². The molecule has 1 aromatic heterocycles. The van der Waals surface area contributed by atoms with Crippen LogP contribution in [0.3, 0.4) is 0 Å². The second kappa shape index (κ2) is 5.52. The van der Waals surface area contributed by atoms with Crippen LogP contribution >= 0.6 is 27.3 Å². The summed E-state index contributed by atoms with van der Waals surface area (Å²) in [6.45, 7) is 5.23. The van der Waals surface area contributed by atoms with E-state index in [2.05, 4.69) is 20.3 Å². The lowest BCUT2D eigenvalue weighted by atomic mass is 10.3. The Morgan fingerprint density at radius 2 is 1.94 bits per heavy atom. The first-order valence-electron chi connectivity index (χ1n) is 4.84. The highest BCUT2D eigenvalue weighted by Gasteiger charge is 2.35. The van der Waals surface area contributed by atoms with Crippen LogP contribution in [0.1, 0.15) is 30.5 Å². The molecule has 0 unspecified atom stereocenters. The predicted octanol–water partition coefficient (Wildman–Crippen LogP) is 4.41. The third kappa shape index (κ3) is 4.25. The second-order valence-corrected chi connectivity index (χ2v) is 8.29. The van der Waals surface area contributed by atoms with Crippen molar-refractivity contribution >= 4 is 44.8 Å². The molecule has 8 heteroatoms. The van der Waals surface area contributed by atoms with Gasteiger partial charge in [-0.2, -0.15) is 13.2 Å². The number of hydrogen-bond donors (Lipinski definition) is 0. The highest BCUT2D eigenvalue weighted by molar-refractivity contribution is 9.10. The number of nitrogens with zero attached hydrogens (tertiary/aromatic N) is 1. The van der Waals surface area contributed by atoms with E-state index in [-0.39, 0.29) is 4.47 Å². The molecule has 0 radical (unpaired) electrons. The second-order valence-electron chi connectivity index (χ2n) is 4.42. The molecule has 1 atom stereocenters. The van der Waals surface area contributed by atoms with Gasteiger partial charge in [0.05, 0.1) is 11.1 Å². The van der Waals surface area contributed by atoms with E-state index in [9.17, 15) is 17.7 Å². The Labute approximate surface area is 119 Å². The minimum absolute atomic E-state index is 0.0250. The van der Waals surface area contributed by atoms with E-state index in [0.717, 1.165) is 0 Å². The summed E-state index contributed by atoms with van der Waals surface area (Å²) in [5, 5.41) is 0. The molecule has 0 fully saturated rings. The summed E-state index contributed by atoms with van der Waals surface area (Å²) in [5.74, 6) is 0. The molecule has 102 valence electrons. The molecule has 0 bridgehead atoms. The van der Waals surface area contributed by atoms with Crippen LogP contribution in [-0.2, 0) is 17.5 Å². The SMILES string of the molecule is CC(C)(C)[S@+]([O-])N=Cc1cc(Br)c(C(F)(F)F)s1. The molecular weight excluding hydrogens is 351 g/mol. The average molecular weight is 362 g/mol. The molecule has 0 aliphatic rings. The molecule has 2 nitrogen and oxygen atoms in total. The van der Waals surface area contributed by atoms with E-state index in [4.69, 9.17) is 0 Å². The third-order valence-electron chi connectivity index (χ3n) is 1.76. The zero-order valence-electron chi connectivity index (χ0n) is 9.84. The van der Waals surface area contributed by atoms with Gasteiger partial charge in [-0.1, -0.05) is 4.40 Å². The van der Waals surface area contributed by atoms with Gasteiger partial charge in [-0.15, -0.1) is 11.3 Å². The van der Waals surface area contributed by atoms with Crippen molar-refractivity contribution in [2.75, 3.05) is 0 Å². The monoisotopic (exact) mass is 361 g/mol. The number of halogens is 4. The van der Waals surface area contributed by atoms with Crippen molar-refractivity contribution < 1.29 is 17.7 Å². The summed E-state index contributed by atoms with van der Waals surface area (Å²) in [6.07, 6.45) is -3.18. The van der Waals surface area contributed by atoms with E-state index < -0.39 is 27.2 Å². The molecule has 0 aliphatic carbocycles. The normalized spacial score (nSPS) is 15.3. The minimum Gasteiger partial charge on any atom is -0.591 e. The Morgan fingerprint density at radius 1 is 1.39 bits per heavy atom. The number of rotatable bonds is 2. The standard InChI is InChI=1S/C10H11BrF3NOS2/c1-9(2,3)18(16)15-5-6-4-7(11)8(17-6)10(12,13)14/h4-5H,1-3H3/t18-/m0/s1. The summed E-state index contributed by atoms with van der Waals surface area (Å²) in [6, 6.07) is 1.32. The van der Waals surface area contributed by atoms with Crippen LogP contribution in [0, 0.1) is 0 Å². The highest BCUT2D eigenvalue weighted by Crippen LogP contribution is 2.40. The zero-order valence-corrected chi connectivity index (χ0v) is 13.1. The van der Waals surface area contributed by atoms with Crippen molar-refractivity contribution in [2.45, 2.75) is 31.7 Å². The molecule has 0 amide bonds. The fraction of sp³-hybridized carbons (Fsp3) is 0.500. The lowest BCUT2D eigenvalue weighted by molar-refractivity contribution is -0.134. The first kappa shape index (κ1) is 16.0. The van der Waals surface area contributed by atoms with Crippen LogP contribution in [0.4, 0.5) is 13.2 Å². The maximum Gasteiger partial charge on any atom is 0.426 e. The number of thiophene rings is 1. The van der Waals surface area contributed by atoms with E-state index in [1.165, 1.54) is 12.3 Å². The van der Waals surface area contributed by atoms with Gasteiger partial charge < -0.3 is 4.55 Å². The Morgan fingerprint density at radius 3 is 2.33 bits per heavy atom. The van der Waals surface area contributed by atoms with Gasteiger partial charge in [-0.3, -0.25) is 0 Å². The van der Waals surface area contributed by atoms with Gasteiger partial charge in [0.1, 0.15) is 21.0 Å². The van der Waals surface area contributed by atoms with Crippen LogP contribution in [0.15, 0.2) is 14.9 Å². The Bertz CT molecular complexity index is 451. The molecule has 0 spiro atoms. The van der Waals surface area contributed by atoms with Crippen molar-refractivity contribution in [3.05, 3.63) is 20.3 Å². The van der Waals surface area contributed by atoms with Crippen molar-refractivity contribution in [3.8, 4) is 0 Å². The largest absolute Gasteiger partial charge is 0.591 e. The number of hydrogen-bond acceptors (Lipinski definition) is 3. The topological polar surface area (TPSA) is 35.4 Å². The first-order valence-corrected chi connectivity index (χ1v) is 7.56. The molecule has 0 saturated carbocycles. The highest BCUT2D eigenvalue weighted by atomic mass is 79.9. The molecule has 1 heterocycles. The summed E-state index contributed by atoms with van der Waals surface area (Å²) < 4.78 is 52.4. The molecule has 1 aromatic rings. The van der Waals surface area contributed by atoms with Gasteiger partial charge in [0, 0.05) is 4.47 Å². The molecule has 0 aromatic carbocycles. The van der Waals surface area contributed by atoms with Gasteiger partial charge >= 0.3 is 6.18 Å². The Hall–Kier alpha value is -0.0500. The lowest BCUT2D eigenvalue weighted by Crippen LogP contribution is -2.25. The summed E-state index contributed by atoms with van der Waals surface area (Å²) >= 11 is 1.94. The molecule has 0 aliphatic heterocycles. The van der Waals surface area contributed by atoms with Crippen LogP contribution in [0.5, 0.6) is 0 Å². The van der Waals surface area contributed by atoms with Gasteiger partial charge in [-0.25, -0.2) is 0 Å². The molecule has 0 saturated heterocycles. The summed E-state index contributed by atoms with van der Waals surface area (Å²) in [7, 11) is 0. The molecular formula is C10H11BrF3NOS2. The van der Waals surface area contributed by atoms with Gasteiger partial charge in [-0.05, 0) is 42.8 Å². The maximum absolute atomic E-state index is 12.5. The van der Waals surface area contributed by atoms with E-state index in [1.54, 1.807) is 20.8 Å². The number of alkyl halides is 3. The first-order chi connectivity index (χ1) is 8.01. The van der Waals surface area contributed by atoms with Crippen LogP contribution in [-0.4, -0.2) is 15.5 Å². The van der Waals surface area contributed by atoms with Gasteiger partial charge in [0.2, 0.25) is 0 Å². The summed E-state index contributed by atoms with van der Waals surface area (Å²) in [4.78, 5) is -0.405. The molecule has 0 N–H and O–H groups in total. The maximum atomic E-state index is 12.5. The van der Waals surface area contributed by atoms with Gasteiger partial charge in [0.15, 0.2) is 0 Å². The van der Waals surface area contributed by atoms with E-state index in [1.807, 2.05) is 0 Å². The summed E-state index contributed by atoms with van der Waals surface area (Å²) in [5.41, 5.74) is 0. The van der Waals surface area contributed by atoms with Gasteiger partial charge in [0.25, 0.3) is 0 Å². The average Bonchev–Trinajstić information content (AvgIpc) is 2.54. The van der Waals surface area contributed by atoms with Crippen molar-refractivity contribution in [2.24, 2.45) is 4.40 Å². The minimum atomic E-state index is -4.39. The van der Waals surface area contributed by atoms with Crippen molar-refractivity contribution in [3.63, 3.8) is 0 Å². The smallest absolute Gasteiger partial charge is 0.426 e. The van der Waals surface area contributed by atoms with Crippen LogP contribution in [0.25, 0.3) is 0 Å². The fourth-order valence-electron chi connectivity index (χ4n) is 0.901. The van der Waals surface area contributed by atoms with Crippen molar-refractivity contribution in [1.82, 2.24) is 0 Å². The van der Waals surface area contributed by atoms with Crippen molar-refractivity contribution in [1.29, 1.82) is 0 Å². The zero-order chi connectivity index (χ0) is 14.1. The fourth-order valence-corrected chi connectivity index (χ4v) is 3.15. The van der Waals surface area contributed by atoms with Crippen LogP contribution < -0.4 is 0 Å². The lowest BCUT2D eigenvalue weighted by Gasteiger charge is -2.17. The predicted molar refractivity (Wildman–Crippen MR) is 72.5 cm³/mol. The Kier molecular flexibility index (Phi) is 4.91. The van der Waals surface area contributed by atoms with Crippen LogP contribution in [0.2, 0.25) is 0 Å². The molecule has 1 rings (SSSR count). The molecule has 18 heavy (non-hydrogen) atoms. The third-order valence-corrected chi connectivity index (χ3v) is 5.11. The Balaban J connectivity index is 2.91. The van der Waals surface area contributed by atoms with E-state index >= 15 is 0 Å².